The SMILES string of the molecule is CCOC(=O)c1ccc(N2CCNC(C)(C)C2)nc1. The summed E-state index contributed by atoms with van der Waals surface area (Å²) in [6.07, 6.45) is 1.59. The van der Waals surface area contributed by atoms with E-state index in [1.54, 1.807) is 19.2 Å². The molecule has 0 bridgehead atoms. The van der Waals surface area contributed by atoms with Crippen LogP contribution in [-0.4, -0.2) is 42.7 Å². The van der Waals surface area contributed by atoms with Crippen LogP contribution in [0.5, 0.6) is 0 Å². The highest BCUT2D eigenvalue weighted by Crippen LogP contribution is 2.18. The normalized spacial score (nSPS) is 18.2. The maximum absolute atomic E-state index is 11.5. The Bertz CT molecular complexity index is 443. The second-order valence-electron chi connectivity index (χ2n) is 5.36. The van der Waals surface area contributed by atoms with Gasteiger partial charge in [-0.15, -0.1) is 0 Å². The third kappa shape index (κ3) is 3.44. The number of ether oxygens (including phenoxy) is 1. The Hall–Kier alpha value is -1.62. The van der Waals surface area contributed by atoms with Crippen LogP contribution >= 0.6 is 0 Å². The maximum atomic E-state index is 11.5. The van der Waals surface area contributed by atoms with E-state index < -0.39 is 0 Å². The largest absolute Gasteiger partial charge is 0.462 e. The van der Waals surface area contributed by atoms with E-state index in [0.717, 1.165) is 25.5 Å². The van der Waals surface area contributed by atoms with Gasteiger partial charge in [-0.1, -0.05) is 0 Å². The zero-order valence-electron chi connectivity index (χ0n) is 11.8. The number of piperazine rings is 1. The molecule has 0 aliphatic carbocycles. The molecule has 1 aromatic rings. The first-order valence-electron chi connectivity index (χ1n) is 6.65. The number of anilines is 1. The topological polar surface area (TPSA) is 54.5 Å². The Labute approximate surface area is 114 Å². The van der Waals surface area contributed by atoms with Gasteiger partial charge in [0.05, 0.1) is 12.2 Å². The summed E-state index contributed by atoms with van der Waals surface area (Å²) in [6, 6.07) is 3.66. The molecule has 1 fully saturated rings. The van der Waals surface area contributed by atoms with Gasteiger partial charge in [-0.25, -0.2) is 9.78 Å². The number of rotatable bonds is 3. The van der Waals surface area contributed by atoms with Gasteiger partial charge >= 0.3 is 5.97 Å². The van der Waals surface area contributed by atoms with Gasteiger partial charge in [0.1, 0.15) is 5.82 Å². The molecule has 104 valence electrons. The highest BCUT2D eigenvalue weighted by molar-refractivity contribution is 5.89. The smallest absolute Gasteiger partial charge is 0.339 e. The summed E-state index contributed by atoms with van der Waals surface area (Å²) in [6.45, 7) is 9.29. The highest BCUT2D eigenvalue weighted by Gasteiger charge is 2.26. The third-order valence-corrected chi connectivity index (χ3v) is 3.15. The molecule has 5 nitrogen and oxygen atoms in total. The molecular weight excluding hydrogens is 242 g/mol. The summed E-state index contributed by atoms with van der Waals surface area (Å²) >= 11 is 0. The molecule has 1 saturated heterocycles. The molecule has 1 aliphatic heterocycles. The first-order valence-corrected chi connectivity index (χ1v) is 6.65. The summed E-state index contributed by atoms with van der Waals surface area (Å²) in [4.78, 5) is 18.1. The van der Waals surface area contributed by atoms with Crippen molar-refractivity contribution in [3.63, 3.8) is 0 Å². The van der Waals surface area contributed by atoms with Crippen molar-refractivity contribution in [3.8, 4) is 0 Å². The third-order valence-electron chi connectivity index (χ3n) is 3.15. The van der Waals surface area contributed by atoms with Crippen molar-refractivity contribution in [2.24, 2.45) is 0 Å². The van der Waals surface area contributed by atoms with E-state index in [4.69, 9.17) is 4.74 Å². The lowest BCUT2D eigenvalue weighted by atomic mass is 10.0. The molecular formula is C14H21N3O2. The van der Waals surface area contributed by atoms with Gasteiger partial charge in [0, 0.05) is 31.4 Å². The number of hydrogen-bond acceptors (Lipinski definition) is 5. The van der Waals surface area contributed by atoms with E-state index in [1.165, 1.54) is 0 Å². The predicted molar refractivity (Wildman–Crippen MR) is 74.5 cm³/mol. The Kier molecular flexibility index (Phi) is 4.04. The van der Waals surface area contributed by atoms with E-state index in [9.17, 15) is 4.79 Å². The van der Waals surface area contributed by atoms with Crippen LogP contribution < -0.4 is 10.2 Å². The van der Waals surface area contributed by atoms with Gasteiger partial charge in [0.2, 0.25) is 0 Å². The molecule has 1 N–H and O–H groups in total. The fourth-order valence-corrected chi connectivity index (χ4v) is 2.25. The first kappa shape index (κ1) is 13.8. The molecule has 1 aliphatic rings. The fourth-order valence-electron chi connectivity index (χ4n) is 2.25. The number of carbonyl (C=O) groups excluding carboxylic acids is 1. The highest BCUT2D eigenvalue weighted by atomic mass is 16.5. The Balaban J connectivity index is 2.08. The van der Waals surface area contributed by atoms with Gasteiger partial charge in [-0.05, 0) is 32.9 Å². The summed E-state index contributed by atoms with van der Waals surface area (Å²) < 4.78 is 4.94. The summed E-state index contributed by atoms with van der Waals surface area (Å²) in [7, 11) is 0. The van der Waals surface area contributed by atoms with E-state index in [-0.39, 0.29) is 11.5 Å². The predicted octanol–water partition coefficient (Wildman–Crippen LogP) is 1.45. The van der Waals surface area contributed by atoms with Gasteiger partial charge in [-0.2, -0.15) is 0 Å². The fraction of sp³-hybridized carbons (Fsp3) is 0.571. The molecule has 0 atom stereocenters. The minimum Gasteiger partial charge on any atom is -0.462 e. The maximum Gasteiger partial charge on any atom is 0.339 e. The Morgan fingerprint density at radius 3 is 2.89 bits per heavy atom. The first-order chi connectivity index (χ1) is 9.02. The summed E-state index contributed by atoms with van der Waals surface area (Å²) in [5.74, 6) is 0.588. The molecule has 0 radical (unpaired) electrons. The van der Waals surface area contributed by atoms with Gasteiger partial charge in [0.15, 0.2) is 0 Å². The monoisotopic (exact) mass is 263 g/mol. The molecule has 1 aromatic heterocycles. The van der Waals surface area contributed by atoms with E-state index in [2.05, 4.69) is 29.0 Å². The standard InChI is InChI=1S/C14H21N3O2/c1-4-19-13(18)11-5-6-12(15-9-11)17-8-7-16-14(2,3)10-17/h5-6,9,16H,4,7-8,10H2,1-3H3. The lowest BCUT2D eigenvalue weighted by Gasteiger charge is -2.39. The zero-order chi connectivity index (χ0) is 13.9. The van der Waals surface area contributed by atoms with Crippen molar-refractivity contribution < 1.29 is 9.53 Å². The molecule has 0 unspecified atom stereocenters. The Morgan fingerprint density at radius 2 is 2.32 bits per heavy atom. The lowest BCUT2D eigenvalue weighted by Crippen LogP contribution is -2.57. The number of esters is 1. The Morgan fingerprint density at radius 1 is 1.53 bits per heavy atom. The average Bonchev–Trinajstić information content (AvgIpc) is 2.38. The van der Waals surface area contributed by atoms with Crippen LogP contribution in [0.1, 0.15) is 31.1 Å². The number of carbonyl (C=O) groups is 1. The van der Waals surface area contributed by atoms with Crippen LogP contribution in [0.15, 0.2) is 18.3 Å². The zero-order valence-corrected chi connectivity index (χ0v) is 11.8. The molecule has 5 heteroatoms. The lowest BCUT2D eigenvalue weighted by molar-refractivity contribution is 0.0526. The minimum atomic E-state index is -0.317. The van der Waals surface area contributed by atoms with Crippen molar-refractivity contribution >= 4 is 11.8 Å². The van der Waals surface area contributed by atoms with Gasteiger partial charge in [-0.3, -0.25) is 0 Å². The molecule has 0 amide bonds. The van der Waals surface area contributed by atoms with Crippen molar-refractivity contribution in [3.05, 3.63) is 23.9 Å². The van der Waals surface area contributed by atoms with Crippen molar-refractivity contribution in [1.29, 1.82) is 0 Å². The number of aromatic nitrogens is 1. The average molecular weight is 263 g/mol. The van der Waals surface area contributed by atoms with Crippen LogP contribution in [0.25, 0.3) is 0 Å². The number of nitrogens with one attached hydrogen (secondary N) is 1. The van der Waals surface area contributed by atoms with E-state index in [0.29, 0.717) is 12.2 Å². The van der Waals surface area contributed by atoms with Crippen molar-refractivity contribution in [2.45, 2.75) is 26.3 Å². The van der Waals surface area contributed by atoms with Crippen LogP contribution in [0, 0.1) is 0 Å². The molecule has 2 rings (SSSR count). The van der Waals surface area contributed by atoms with Gasteiger partial charge in [0.25, 0.3) is 0 Å². The van der Waals surface area contributed by atoms with Gasteiger partial charge < -0.3 is 15.0 Å². The van der Waals surface area contributed by atoms with E-state index in [1.807, 2.05) is 6.07 Å². The molecule has 0 saturated carbocycles. The molecule has 0 spiro atoms. The van der Waals surface area contributed by atoms with Crippen LogP contribution in [0.2, 0.25) is 0 Å². The second-order valence-corrected chi connectivity index (χ2v) is 5.36. The van der Waals surface area contributed by atoms with Crippen LogP contribution in [0.3, 0.4) is 0 Å². The molecule has 0 aromatic carbocycles. The molecule has 19 heavy (non-hydrogen) atoms. The number of hydrogen-bond donors (Lipinski definition) is 1. The second kappa shape index (κ2) is 5.57. The van der Waals surface area contributed by atoms with E-state index >= 15 is 0 Å². The summed E-state index contributed by atoms with van der Waals surface area (Å²) in [5.41, 5.74) is 0.583. The minimum absolute atomic E-state index is 0.0831. The molecule has 2 heterocycles. The summed E-state index contributed by atoms with van der Waals surface area (Å²) in [5, 5.41) is 3.46. The van der Waals surface area contributed by atoms with Crippen LogP contribution in [-0.2, 0) is 4.74 Å². The number of nitrogens with zero attached hydrogens (tertiary/aromatic N) is 2. The van der Waals surface area contributed by atoms with Crippen molar-refractivity contribution in [2.75, 3.05) is 31.1 Å². The quantitative estimate of drug-likeness (QED) is 0.836. The van der Waals surface area contributed by atoms with Crippen LogP contribution in [0.4, 0.5) is 5.82 Å². The number of pyridine rings is 1. The van der Waals surface area contributed by atoms with Crippen molar-refractivity contribution in [1.82, 2.24) is 10.3 Å².